The van der Waals surface area contributed by atoms with Crippen LogP contribution in [0.1, 0.15) is 25.3 Å². The van der Waals surface area contributed by atoms with E-state index in [-0.39, 0.29) is 17.9 Å². The van der Waals surface area contributed by atoms with E-state index in [0.717, 1.165) is 11.8 Å². The molecule has 2 N–H and O–H groups in total. The summed E-state index contributed by atoms with van der Waals surface area (Å²) in [7, 11) is -3.47. The summed E-state index contributed by atoms with van der Waals surface area (Å²) in [6, 6.07) is 9.60. The molecule has 0 spiro atoms. The molecule has 1 saturated heterocycles. The fourth-order valence-corrected chi connectivity index (χ4v) is 3.03. The van der Waals surface area contributed by atoms with Crippen LogP contribution >= 0.6 is 0 Å². The summed E-state index contributed by atoms with van der Waals surface area (Å²) in [4.78, 5) is 14.1. The molecule has 0 aromatic heterocycles. The molecule has 1 aromatic rings. The van der Waals surface area contributed by atoms with Crippen LogP contribution < -0.4 is 5.73 Å². The summed E-state index contributed by atoms with van der Waals surface area (Å²) in [5.74, 6) is -0.329. The Bertz CT molecular complexity index is 626. The Labute approximate surface area is 126 Å². The average molecular weight is 310 g/mol. The highest BCUT2D eigenvalue weighted by Crippen LogP contribution is 2.29. The number of sulfone groups is 1. The molecule has 0 unspecified atom stereocenters. The number of carbonyl (C=O) groups excluding carboxylic acids is 1. The normalized spacial score (nSPS) is 23.3. The second kappa shape index (κ2) is 5.42. The molecule has 5 nitrogen and oxygen atoms in total. The van der Waals surface area contributed by atoms with Gasteiger partial charge in [0.2, 0.25) is 5.91 Å². The molecule has 2 atom stereocenters. The van der Waals surface area contributed by atoms with Crippen molar-refractivity contribution in [3.05, 3.63) is 35.9 Å². The molecule has 0 radical (unpaired) electrons. The van der Waals surface area contributed by atoms with Crippen molar-refractivity contribution in [1.29, 1.82) is 0 Å². The first kappa shape index (κ1) is 16.0. The van der Waals surface area contributed by atoms with Crippen LogP contribution in [0.2, 0.25) is 0 Å². The van der Waals surface area contributed by atoms with Gasteiger partial charge in [-0.05, 0) is 19.4 Å². The standard InChI is InChI=1S/C15H22N2O3S/c1-15(2,21(3,19)20)14(18)17-9-12(13(16)10-17)11-7-5-4-6-8-11/h4-8,12-13H,9-10,16H2,1-3H3/t12-,13+/m0/s1. The molecule has 1 aliphatic rings. The predicted molar refractivity (Wildman–Crippen MR) is 82.7 cm³/mol. The van der Waals surface area contributed by atoms with E-state index >= 15 is 0 Å². The number of nitrogens with two attached hydrogens (primary N) is 1. The van der Waals surface area contributed by atoms with E-state index in [4.69, 9.17) is 5.73 Å². The lowest BCUT2D eigenvalue weighted by Crippen LogP contribution is -2.49. The first-order chi connectivity index (χ1) is 9.64. The number of carbonyl (C=O) groups is 1. The maximum atomic E-state index is 12.5. The lowest BCUT2D eigenvalue weighted by Gasteiger charge is -2.27. The van der Waals surface area contributed by atoms with Crippen LogP contribution in [0, 0.1) is 0 Å². The van der Waals surface area contributed by atoms with Crippen molar-refractivity contribution in [2.45, 2.75) is 30.6 Å². The minimum absolute atomic E-state index is 0.0468. The van der Waals surface area contributed by atoms with Gasteiger partial charge in [-0.3, -0.25) is 4.79 Å². The summed E-state index contributed by atoms with van der Waals surface area (Å²) in [5.41, 5.74) is 7.23. The zero-order valence-corrected chi connectivity index (χ0v) is 13.4. The van der Waals surface area contributed by atoms with Gasteiger partial charge in [0.1, 0.15) is 4.75 Å². The minimum atomic E-state index is -3.47. The third-order valence-electron chi connectivity index (χ3n) is 4.32. The van der Waals surface area contributed by atoms with E-state index in [2.05, 4.69) is 0 Å². The molecule has 116 valence electrons. The minimum Gasteiger partial charge on any atom is -0.339 e. The highest BCUT2D eigenvalue weighted by Gasteiger charge is 2.45. The monoisotopic (exact) mass is 310 g/mol. The predicted octanol–water partition coefficient (Wildman–Crippen LogP) is 0.763. The molecular formula is C15H22N2O3S. The molecule has 1 aliphatic heterocycles. The maximum absolute atomic E-state index is 12.5. The lowest BCUT2D eigenvalue weighted by atomic mass is 9.95. The second-order valence-corrected chi connectivity index (χ2v) is 8.74. The van der Waals surface area contributed by atoms with E-state index in [9.17, 15) is 13.2 Å². The van der Waals surface area contributed by atoms with Gasteiger partial charge in [-0.2, -0.15) is 0 Å². The Morgan fingerprint density at radius 2 is 1.81 bits per heavy atom. The molecule has 0 saturated carbocycles. The number of amides is 1. The van der Waals surface area contributed by atoms with E-state index < -0.39 is 14.6 Å². The van der Waals surface area contributed by atoms with Crippen molar-refractivity contribution in [3.63, 3.8) is 0 Å². The summed E-state index contributed by atoms with van der Waals surface area (Å²) in [6.07, 6.45) is 1.09. The fourth-order valence-electron chi connectivity index (χ4n) is 2.59. The first-order valence-electron chi connectivity index (χ1n) is 6.94. The topological polar surface area (TPSA) is 80.5 Å². The zero-order chi connectivity index (χ0) is 15.8. The van der Waals surface area contributed by atoms with Gasteiger partial charge < -0.3 is 10.6 Å². The Hall–Kier alpha value is -1.40. The maximum Gasteiger partial charge on any atom is 0.243 e. The summed E-state index contributed by atoms with van der Waals surface area (Å²) in [5, 5.41) is 0. The van der Waals surface area contributed by atoms with Gasteiger partial charge in [0.15, 0.2) is 9.84 Å². The third-order valence-corrected chi connectivity index (χ3v) is 6.35. The van der Waals surface area contributed by atoms with Gasteiger partial charge in [-0.15, -0.1) is 0 Å². The molecule has 0 bridgehead atoms. The molecule has 2 rings (SSSR count). The second-order valence-electron chi connectivity index (χ2n) is 6.17. The SMILES string of the molecule is CC(C)(C(=O)N1C[C@@H](N)[C@H](c2ccccc2)C1)S(C)(=O)=O. The molecule has 1 aromatic carbocycles. The number of hydrogen-bond donors (Lipinski definition) is 1. The van der Waals surface area contributed by atoms with Crippen LogP contribution in [0.5, 0.6) is 0 Å². The van der Waals surface area contributed by atoms with Crippen LogP contribution in [0.4, 0.5) is 0 Å². The van der Waals surface area contributed by atoms with Crippen molar-refractivity contribution in [3.8, 4) is 0 Å². The van der Waals surface area contributed by atoms with E-state index in [1.54, 1.807) is 4.90 Å². The average Bonchev–Trinajstić information content (AvgIpc) is 2.79. The fraction of sp³-hybridized carbons (Fsp3) is 0.533. The Kier molecular flexibility index (Phi) is 4.13. The largest absolute Gasteiger partial charge is 0.339 e. The van der Waals surface area contributed by atoms with Crippen molar-refractivity contribution < 1.29 is 13.2 Å². The first-order valence-corrected chi connectivity index (χ1v) is 8.83. The van der Waals surface area contributed by atoms with E-state index in [1.165, 1.54) is 13.8 Å². The highest BCUT2D eigenvalue weighted by molar-refractivity contribution is 7.92. The van der Waals surface area contributed by atoms with Gasteiger partial charge in [0, 0.05) is 31.3 Å². The smallest absolute Gasteiger partial charge is 0.243 e. The van der Waals surface area contributed by atoms with Crippen LogP contribution in [0.15, 0.2) is 30.3 Å². The van der Waals surface area contributed by atoms with Gasteiger partial charge >= 0.3 is 0 Å². The van der Waals surface area contributed by atoms with Crippen LogP contribution in [0.3, 0.4) is 0 Å². The molecule has 0 aliphatic carbocycles. The molecule has 1 fully saturated rings. The third kappa shape index (κ3) is 2.96. The highest BCUT2D eigenvalue weighted by atomic mass is 32.2. The van der Waals surface area contributed by atoms with Gasteiger partial charge in [0.25, 0.3) is 0 Å². The van der Waals surface area contributed by atoms with Crippen molar-refractivity contribution in [2.24, 2.45) is 5.73 Å². The zero-order valence-electron chi connectivity index (χ0n) is 12.6. The number of benzene rings is 1. The Balaban J connectivity index is 2.20. The number of likely N-dealkylation sites (tertiary alicyclic amines) is 1. The van der Waals surface area contributed by atoms with Crippen LogP contribution in [-0.4, -0.2) is 49.4 Å². The van der Waals surface area contributed by atoms with Crippen molar-refractivity contribution >= 4 is 15.7 Å². The molecule has 1 amide bonds. The van der Waals surface area contributed by atoms with Crippen LogP contribution in [0.25, 0.3) is 0 Å². The van der Waals surface area contributed by atoms with Crippen LogP contribution in [-0.2, 0) is 14.6 Å². The Morgan fingerprint density at radius 1 is 1.24 bits per heavy atom. The van der Waals surface area contributed by atoms with Gasteiger partial charge in [-0.25, -0.2) is 8.42 Å². The van der Waals surface area contributed by atoms with Crippen molar-refractivity contribution in [1.82, 2.24) is 4.90 Å². The Morgan fingerprint density at radius 3 is 2.33 bits per heavy atom. The number of hydrogen-bond acceptors (Lipinski definition) is 4. The number of rotatable bonds is 3. The lowest BCUT2D eigenvalue weighted by molar-refractivity contribution is -0.132. The quantitative estimate of drug-likeness (QED) is 0.894. The van der Waals surface area contributed by atoms with E-state index in [0.29, 0.717) is 13.1 Å². The van der Waals surface area contributed by atoms with Gasteiger partial charge in [-0.1, -0.05) is 30.3 Å². The molecule has 1 heterocycles. The van der Waals surface area contributed by atoms with E-state index in [1.807, 2.05) is 30.3 Å². The molecular weight excluding hydrogens is 288 g/mol. The number of nitrogens with zero attached hydrogens (tertiary/aromatic N) is 1. The molecule has 6 heteroatoms. The summed E-state index contributed by atoms with van der Waals surface area (Å²) >= 11 is 0. The molecule has 21 heavy (non-hydrogen) atoms. The summed E-state index contributed by atoms with van der Waals surface area (Å²) < 4.78 is 22.2. The van der Waals surface area contributed by atoms with Gasteiger partial charge in [0.05, 0.1) is 0 Å². The summed E-state index contributed by atoms with van der Waals surface area (Å²) in [6.45, 7) is 3.75. The van der Waals surface area contributed by atoms with Crippen molar-refractivity contribution in [2.75, 3.05) is 19.3 Å².